The smallest absolute Gasteiger partial charge is 0.261 e. The minimum atomic E-state index is -3.68. The topological polar surface area (TPSA) is 70.2 Å². The van der Waals surface area contributed by atoms with E-state index in [4.69, 9.17) is 12.2 Å². The fourth-order valence-corrected chi connectivity index (χ4v) is 4.59. The number of nitrogens with one attached hydrogen (secondary N) is 3. The van der Waals surface area contributed by atoms with Gasteiger partial charge in [-0.15, -0.1) is 0 Å². The maximum Gasteiger partial charge on any atom is 0.261 e. The van der Waals surface area contributed by atoms with Gasteiger partial charge in [0.25, 0.3) is 10.0 Å². The van der Waals surface area contributed by atoms with Crippen LogP contribution in [0.2, 0.25) is 0 Å². The molecule has 0 fully saturated rings. The van der Waals surface area contributed by atoms with E-state index in [9.17, 15) is 8.42 Å². The third-order valence-corrected chi connectivity index (χ3v) is 6.44. The Hall–Kier alpha value is -3.42. The summed E-state index contributed by atoms with van der Waals surface area (Å²) in [5, 5.41) is 8.91. The summed E-state index contributed by atoms with van der Waals surface area (Å²) in [5.74, 6) is 0. The maximum atomic E-state index is 12.7. The van der Waals surface area contributed by atoms with Crippen molar-refractivity contribution in [3.8, 4) is 0 Å². The minimum Gasteiger partial charge on any atom is -0.332 e. The van der Waals surface area contributed by atoms with Gasteiger partial charge in [0, 0.05) is 16.8 Å². The number of hydrogen-bond donors (Lipinski definition) is 3. The molecular weight excluding hydrogens is 426 g/mol. The number of benzene rings is 4. The van der Waals surface area contributed by atoms with Crippen LogP contribution in [0.15, 0.2) is 95.9 Å². The van der Waals surface area contributed by atoms with E-state index >= 15 is 0 Å². The van der Waals surface area contributed by atoms with E-state index in [-0.39, 0.29) is 4.90 Å². The molecule has 0 saturated heterocycles. The highest BCUT2D eigenvalue weighted by molar-refractivity contribution is 7.92. The predicted molar refractivity (Wildman–Crippen MR) is 132 cm³/mol. The first kappa shape index (κ1) is 20.8. The number of anilines is 3. The van der Waals surface area contributed by atoms with Crippen LogP contribution in [-0.4, -0.2) is 13.5 Å². The second kappa shape index (κ2) is 8.75. The van der Waals surface area contributed by atoms with E-state index in [0.717, 1.165) is 22.0 Å². The summed E-state index contributed by atoms with van der Waals surface area (Å²) in [4.78, 5) is 0.175. The Morgan fingerprint density at radius 1 is 0.742 bits per heavy atom. The van der Waals surface area contributed by atoms with Gasteiger partial charge in [-0.2, -0.15) is 0 Å². The van der Waals surface area contributed by atoms with Crippen LogP contribution in [-0.2, 0) is 10.0 Å². The van der Waals surface area contributed by atoms with Gasteiger partial charge in [0.15, 0.2) is 5.11 Å². The number of rotatable bonds is 5. The number of hydrogen-bond acceptors (Lipinski definition) is 3. The van der Waals surface area contributed by atoms with Crippen LogP contribution < -0.4 is 15.4 Å². The molecule has 4 aromatic carbocycles. The molecule has 0 bridgehead atoms. The normalized spacial score (nSPS) is 11.1. The van der Waals surface area contributed by atoms with Crippen molar-refractivity contribution in [3.63, 3.8) is 0 Å². The van der Waals surface area contributed by atoms with Crippen LogP contribution in [0, 0.1) is 6.92 Å². The molecule has 0 heterocycles. The number of thiocarbonyl (C=S) groups is 1. The summed E-state index contributed by atoms with van der Waals surface area (Å²) >= 11 is 5.44. The molecule has 4 rings (SSSR count). The maximum absolute atomic E-state index is 12.7. The molecule has 7 heteroatoms. The summed E-state index contributed by atoms with van der Waals surface area (Å²) < 4.78 is 28.0. The van der Waals surface area contributed by atoms with E-state index in [2.05, 4.69) is 15.4 Å². The molecule has 156 valence electrons. The van der Waals surface area contributed by atoms with Gasteiger partial charge < -0.3 is 10.6 Å². The Bertz CT molecular complexity index is 1350. The van der Waals surface area contributed by atoms with Crippen LogP contribution in [0.25, 0.3) is 10.8 Å². The Labute approximate surface area is 187 Å². The van der Waals surface area contributed by atoms with Crippen LogP contribution in [0.5, 0.6) is 0 Å². The Morgan fingerprint density at radius 2 is 1.39 bits per heavy atom. The van der Waals surface area contributed by atoms with Crippen molar-refractivity contribution in [2.24, 2.45) is 0 Å². The Kier molecular flexibility index (Phi) is 5.88. The van der Waals surface area contributed by atoms with Gasteiger partial charge in [-0.05, 0) is 66.5 Å². The SMILES string of the molecule is Cc1ccccc1NS(=O)(=O)c1ccc(NC(=S)Nc2cccc3ccccc23)cc1. The van der Waals surface area contributed by atoms with Crippen LogP contribution >= 0.6 is 12.2 Å². The first-order valence-corrected chi connectivity index (χ1v) is 11.6. The minimum absolute atomic E-state index is 0.175. The van der Waals surface area contributed by atoms with E-state index in [1.54, 1.807) is 36.4 Å². The number of sulfonamides is 1. The summed E-state index contributed by atoms with van der Waals surface area (Å²) in [6.07, 6.45) is 0. The van der Waals surface area contributed by atoms with Crippen molar-refractivity contribution < 1.29 is 8.42 Å². The van der Waals surface area contributed by atoms with Gasteiger partial charge >= 0.3 is 0 Å². The van der Waals surface area contributed by atoms with Gasteiger partial charge in [0.1, 0.15) is 0 Å². The molecule has 0 aromatic heterocycles. The predicted octanol–water partition coefficient (Wildman–Crippen LogP) is 5.76. The molecule has 5 nitrogen and oxygen atoms in total. The van der Waals surface area contributed by atoms with Crippen molar-refractivity contribution in [1.29, 1.82) is 0 Å². The molecule has 3 N–H and O–H groups in total. The molecule has 0 amide bonds. The fourth-order valence-electron chi connectivity index (χ4n) is 3.23. The van der Waals surface area contributed by atoms with Gasteiger partial charge in [0.2, 0.25) is 0 Å². The van der Waals surface area contributed by atoms with E-state index in [0.29, 0.717) is 16.5 Å². The Morgan fingerprint density at radius 3 is 2.16 bits per heavy atom. The van der Waals surface area contributed by atoms with E-state index < -0.39 is 10.0 Å². The zero-order valence-electron chi connectivity index (χ0n) is 16.8. The molecule has 0 atom stereocenters. The molecule has 0 spiro atoms. The highest BCUT2D eigenvalue weighted by atomic mass is 32.2. The second-order valence-corrected chi connectivity index (χ2v) is 9.14. The Balaban J connectivity index is 1.45. The van der Waals surface area contributed by atoms with Crippen LogP contribution in [0.4, 0.5) is 17.1 Å². The van der Waals surface area contributed by atoms with Gasteiger partial charge in [0.05, 0.1) is 10.6 Å². The van der Waals surface area contributed by atoms with Crippen molar-refractivity contribution >= 4 is 55.2 Å². The largest absolute Gasteiger partial charge is 0.332 e. The third kappa shape index (κ3) is 4.84. The van der Waals surface area contributed by atoms with E-state index in [1.165, 1.54) is 0 Å². The lowest BCUT2D eigenvalue weighted by Gasteiger charge is -2.14. The number of fused-ring (bicyclic) bond motifs is 1. The average Bonchev–Trinajstić information content (AvgIpc) is 2.76. The van der Waals surface area contributed by atoms with Crippen LogP contribution in [0.1, 0.15) is 5.56 Å². The number of para-hydroxylation sites is 1. The molecule has 0 aliphatic heterocycles. The monoisotopic (exact) mass is 447 g/mol. The first-order chi connectivity index (χ1) is 14.9. The molecule has 0 aliphatic carbocycles. The zero-order chi connectivity index (χ0) is 21.8. The molecule has 0 aliphatic rings. The summed E-state index contributed by atoms with van der Waals surface area (Å²) in [7, 11) is -3.68. The zero-order valence-corrected chi connectivity index (χ0v) is 18.4. The fraction of sp³-hybridized carbons (Fsp3) is 0.0417. The quantitative estimate of drug-likeness (QED) is 0.340. The van der Waals surface area contributed by atoms with Gasteiger partial charge in [-0.3, -0.25) is 4.72 Å². The summed E-state index contributed by atoms with van der Waals surface area (Å²) in [5.41, 5.74) is 3.00. The lowest BCUT2D eigenvalue weighted by atomic mass is 10.1. The van der Waals surface area contributed by atoms with E-state index in [1.807, 2.05) is 61.5 Å². The summed E-state index contributed by atoms with van der Waals surface area (Å²) in [6.45, 7) is 1.86. The molecular formula is C24H21N3O2S2. The van der Waals surface area contributed by atoms with Gasteiger partial charge in [-0.1, -0.05) is 54.6 Å². The standard InChI is InChI=1S/C24H21N3O2S2/c1-17-7-2-5-11-22(17)27-31(28,29)20-15-13-19(14-16-20)25-24(30)26-23-12-6-9-18-8-3-4-10-21(18)23/h2-16,27H,1H3,(H2,25,26,30). The van der Waals surface area contributed by atoms with Crippen molar-refractivity contribution in [1.82, 2.24) is 0 Å². The third-order valence-electron chi connectivity index (χ3n) is 4.85. The van der Waals surface area contributed by atoms with Crippen LogP contribution in [0.3, 0.4) is 0 Å². The average molecular weight is 448 g/mol. The van der Waals surface area contributed by atoms with Crippen molar-refractivity contribution in [3.05, 3.63) is 96.6 Å². The first-order valence-electron chi connectivity index (χ1n) is 9.67. The lowest BCUT2D eigenvalue weighted by molar-refractivity contribution is 0.601. The molecule has 0 saturated carbocycles. The molecule has 0 unspecified atom stereocenters. The molecule has 4 aromatic rings. The molecule has 31 heavy (non-hydrogen) atoms. The van der Waals surface area contributed by atoms with Gasteiger partial charge in [-0.25, -0.2) is 8.42 Å². The summed E-state index contributed by atoms with van der Waals surface area (Å²) in [6, 6.07) is 27.7. The highest BCUT2D eigenvalue weighted by Crippen LogP contribution is 2.24. The number of aryl methyl sites for hydroxylation is 1. The second-order valence-electron chi connectivity index (χ2n) is 7.05. The van der Waals surface area contributed by atoms with Crippen molar-refractivity contribution in [2.75, 3.05) is 15.4 Å². The lowest BCUT2D eigenvalue weighted by Crippen LogP contribution is -2.19. The highest BCUT2D eigenvalue weighted by Gasteiger charge is 2.15. The van der Waals surface area contributed by atoms with Crippen molar-refractivity contribution in [2.45, 2.75) is 11.8 Å². The molecule has 0 radical (unpaired) electrons.